The molecule has 0 aliphatic carbocycles. The van der Waals surface area contributed by atoms with Crippen LogP contribution in [0.1, 0.15) is 30.6 Å². The maximum Gasteiger partial charge on any atom is 0.337 e. The third-order valence-corrected chi connectivity index (χ3v) is 2.73. The fourth-order valence-corrected chi connectivity index (χ4v) is 1.37. The van der Waals surface area contributed by atoms with E-state index in [2.05, 4.69) is 18.8 Å². The van der Waals surface area contributed by atoms with Gasteiger partial charge in [0.05, 0.1) is 11.3 Å². The van der Waals surface area contributed by atoms with Gasteiger partial charge in [0.2, 0.25) is 0 Å². The lowest BCUT2D eigenvalue weighted by Crippen LogP contribution is -2.29. The standard InChI is InChI=1S/C11H17N3O2/c1-4-7(2)14(3)10-9(12)5-8(6-13-10)11(15)16/h5-7H,4,12H2,1-3H3,(H,15,16). The Morgan fingerprint density at radius 3 is 2.75 bits per heavy atom. The van der Waals surface area contributed by atoms with Crippen LogP contribution in [0.15, 0.2) is 12.3 Å². The van der Waals surface area contributed by atoms with Gasteiger partial charge in [0.1, 0.15) is 0 Å². The first-order valence-electron chi connectivity index (χ1n) is 5.19. The smallest absolute Gasteiger partial charge is 0.337 e. The third kappa shape index (κ3) is 2.42. The molecule has 0 fully saturated rings. The van der Waals surface area contributed by atoms with Crippen LogP contribution >= 0.6 is 0 Å². The van der Waals surface area contributed by atoms with Crippen molar-refractivity contribution in [3.63, 3.8) is 0 Å². The number of hydrogen-bond acceptors (Lipinski definition) is 4. The van der Waals surface area contributed by atoms with Gasteiger partial charge in [0.15, 0.2) is 5.82 Å². The zero-order valence-corrected chi connectivity index (χ0v) is 9.77. The number of aromatic nitrogens is 1. The van der Waals surface area contributed by atoms with Crippen molar-refractivity contribution in [2.45, 2.75) is 26.3 Å². The normalized spacial score (nSPS) is 12.2. The summed E-state index contributed by atoms with van der Waals surface area (Å²) in [6.07, 6.45) is 2.30. The van der Waals surface area contributed by atoms with Crippen molar-refractivity contribution >= 4 is 17.5 Å². The van der Waals surface area contributed by atoms with Crippen LogP contribution in [0.3, 0.4) is 0 Å². The molecule has 1 heterocycles. The number of nitrogens with zero attached hydrogens (tertiary/aromatic N) is 2. The van der Waals surface area contributed by atoms with Gasteiger partial charge in [-0.2, -0.15) is 0 Å². The molecule has 88 valence electrons. The van der Waals surface area contributed by atoms with Crippen molar-refractivity contribution < 1.29 is 9.90 Å². The minimum Gasteiger partial charge on any atom is -0.478 e. The summed E-state index contributed by atoms with van der Waals surface area (Å²) in [4.78, 5) is 16.7. The number of carbonyl (C=O) groups is 1. The molecule has 0 aliphatic heterocycles. The van der Waals surface area contributed by atoms with Crippen LogP contribution in [0.4, 0.5) is 11.5 Å². The molecule has 3 N–H and O–H groups in total. The van der Waals surface area contributed by atoms with E-state index in [1.54, 1.807) is 0 Å². The van der Waals surface area contributed by atoms with Gasteiger partial charge in [-0.1, -0.05) is 6.92 Å². The number of carboxylic acid groups (broad SMARTS) is 1. The van der Waals surface area contributed by atoms with E-state index >= 15 is 0 Å². The Labute approximate surface area is 94.9 Å². The first-order chi connectivity index (χ1) is 7.47. The Hall–Kier alpha value is -1.78. The van der Waals surface area contributed by atoms with Crippen LogP contribution in [0.25, 0.3) is 0 Å². The highest BCUT2D eigenvalue weighted by Gasteiger charge is 2.14. The van der Waals surface area contributed by atoms with Crippen molar-refractivity contribution in [3.05, 3.63) is 17.8 Å². The Balaban J connectivity index is 3.03. The van der Waals surface area contributed by atoms with Gasteiger partial charge in [-0.3, -0.25) is 0 Å². The van der Waals surface area contributed by atoms with Gasteiger partial charge in [-0.25, -0.2) is 9.78 Å². The molecule has 5 heteroatoms. The lowest BCUT2D eigenvalue weighted by Gasteiger charge is -2.26. The molecule has 1 rings (SSSR count). The van der Waals surface area contributed by atoms with Gasteiger partial charge >= 0.3 is 5.97 Å². The molecular weight excluding hydrogens is 206 g/mol. The molecule has 0 bridgehead atoms. The first kappa shape index (κ1) is 12.3. The lowest BCUT2D eigenvalue weighted by molar-refractivity contribution is 0.0696. The molecule has 1 atom stereocenters. The number of rotatable bonds is 4. The molecular formula is C11H17N3O2. The summed E-state index contributed by atoms with van der Waals surface area (Å²) in [6, 6.07) is 1.74. The molecule has 0 aliphatic rings. The fraction of sp³-hybridized carbons (Fsp3) is 0.455. The molecule has 1 aromatic rings. The van der Waals surface area contributed by atoms with Crippen LogP contribution < -0.4 is 10.6 Å². The molecule has 0 aromatic carbocycles. The second-order valence-corrected chi connectivity index (χ2v) is 3.81. The van der Waals surface area contributed by atoms with Gasteiger partial charge in [0.25, 0.3) is 0 Å². The highest BCUT2D eigenvalue weighted by atomic mass is 16.4. The van der Waals surface area contributed by atoms with Crippen LogP contribution in [0.2, 0.25) is 0 Å². The summed E-state index contributed by atoms with van der Waals surface area (Å²) < 4.78 is 0. The predicted molar refractivity (Wildman–Crippen MR) is 63.8 cm³/mol. The number of hydrogen-bond donors (Lipinski definition) is 2. The second kappa shape index (κ2) is 4.83. The van der Waals surface area contributed by atoms with Crippen LogP contribution in [-0.4, -0.2) is 29.1 Å². The molecule has 0 spiro atoms. The van der Waals surface area contributed by atoms with E-state index in [-0.39, 0.29) is 5.56 Å². The Morgan fingerprint density at radius 2 is 2.31 bits per heavy atom. The number of pyridine rings is 1. The highest BCUT2D eigenvalue weighted by Crippen LogP contribution is 2.22. The van der Waals surface area contributed by atoms with Gasteiger partial charge in [0, 0.05) is 19.3 Å². The number of aromatic carboxylic acids is 1. The van der Waals surface area contributed by atoms with Crippen molar-refractivity contribution in [1.82, 2.24) is 4.98 Å². The average Bonchev–Trinajstić information content (AvgIpc) is 2.26. The molecule has 5 nitrogen and oxygen atoms in total. The Morgan fingerprint density at radius 1 is 1.69 bits per heavy atom. The SMILES string of the molecule is CCC(C)N(C)c1ncc(C(=O)O)cc1N. The second-order valence-electron chi connectivity index (χ2n) is 3.81. The Kier molecular flexibility index (Phi) is 3.71. The lowest BCUT2D eigenvalue weighted by atomic mass is 10.2. The largest absolute Gasteiger partial charge is 0.478 e. The molecule has 16 heavy (non-hydrogen) atoms. The number of nitrogen functional groups attached to an aromatic ring is 1. The van der Waals surface area contributed by atoms with E-state index in [1.807, 2.05) is 11.9 Å². The minimum atomic E-state index is -1.02. The molecule has 0 amide bonds. The average molecular weight is 223 g/mol. The number of carboxylic acids is 1. The zero-order valence-electron chi connectivity index (χ0n) is 9.77. The fourth-order valence-electron chi connectivity index (χ4n) is 1.37. The van der Waals surface area contributed by atoms with E-state index in [1.165, 1.54) is 12.3 Å². The van der Waals surface area contributed by atoms with Crippen molar-refractivity contribution in [2.75, 3.05) is 17.7 Å². The van der Waals surface area contributed by atoms with Crippen molar-refractivity contribution in [1.29, 1.82) is 0 Å². The number of anilines is 2. The summed E-state index contributed by atoms with van der Waals surface area (Å²) in [5.41, 5.74) is 6.29. The van der Waals surface area contributed by atoms with E-state index in [9.17, 15) is 4.79 Å². The third-order valence-electron chi connectivity index (χ3n) is 2.73. The number of nitrogens with two attached hydrogens (primary N) is 1. The van der Waals surface area contributed by atoms with E-state index < -0.39 is 5.97 Å². The predicted octanol–water partition coefficient (Wildman–Crippen LogP) is 1.60. The molecule has 1 unspecified atom stereocenters. The quantitative estimate of drug-likeness (QED) is 0.810. The summed E-state index contributed by atoms with van der Waals surface area (Å²) in [6.45, 7) is 4.13. The van der Waals surface area contributed by atoms with Crippen molar-refractivity contribution in [3.8, 4) is 0 Å². The minimum absolute atomic E-state index is 0.110. The van der Waals surface area contributed by atoms with E-state index in [0.717, 1.165) is 6.42 Å². The van der Waals surface area contributed by atoms with E-state index in [4.69, 9.17) is 10.8 Å². The topological polar surface area (TPSA) is 79.5 Å². The highest BCUT2D eigenvalue weighted by molar-refractivity contribution is 5.89. The van der Waals surface area contributed by atoms with Gasteiger partial charge in [-0.05, 0) is 19.4 Å². The Bertz CT molecular complexity index is 393. The summed E-state index contributed by atoms with van der Waals surface area (Å²) in [5.74, 6) is -0.392. The van der Waals surface area contributed by atoms with Gasteiger partial charge in [-0.15, -0.1) is 0 Å². The maximum absolute atomic E-state index is 10.7. The van der Waals surface area contributed by atoms with E-state index in [0.29, 0.717) is 17.5 Å². The van der Waals surface area contributed by atoms with Gasteiger partial charge < -0.3 is 15.7 Å². The summed E-state index contributed by atoms with van der Waals surface area (Å²) in [7, 11) is 1.90. The molecule has 0 saturated heterocycles. The first-order valence-corrected chi connectivity index (χ1v) is 5.19. The van der Waals surface area contributed by atoms with Crippen LogP contribution in [0.5, 0.6) is 0 Å². The summed E-state index contributed by atoms with van der Waals surface area (Å²) >= 11 is 0. The van der Waals surface area contributed by atoms with Crippen molar-refractivity contribution in [2.24, 2.45) is 0 Å². The molecule has 0 radical (unpaired) electrons. The zero-order chi connectivity index (χ0) is 12.3. The van der Waals surface area contributed by atoms with Crippen LogP contribution in [0, 0.1) is 0 Å². The monoisotopic (exact) mass is 223 g/mol. The van der Waals surface area contributed by atoms with Crippen LogP contribution in [-0.2, 0) is 0 Å². The summed E-state index contributed by atoms with van der Waals surface area (Å²) in [5, 5.41) is 8.78. The molecule has 1 aromatic heterocycles. The maximum atomic E-state index is 10.7. The molecule has 0 saturated carbocycles.